The second-order valence-corrected chi connectivity index (χ2v) is 4.97. The van der Waals surface area contributed by atoms with E-state index in [0.29, 0.717) is 0 Å². The molecule has 1 nitrogen and oxygen atoms in total. The summed E-state index contributed by atoms with van der Waals surface area (Å²) < 4.78 is 1.16. The maximum Gasteiger partial charge on any atom is 0.0295 e. The maximum atomic E-state index is 6.13. The monoisotopic (exact) mass is 269 g/mol. The number of hydrogen-bond acceptors (Lipinski definition) is 1. The number of rotatable bonds is 5. The van der Waals surface area contributed by atoms with E-state index >= 15 is 0 Å². The van der Waals surface area contributed by atoms with Gasteiger partial charge in [0.05, 0.1) is 0 Å². The molecule has 0 amide bonds. The number of unbranched alkanes of at least 4 members (excludes halogenated alkanes) is 2. The lowest BCUT2D eigenvalue weighted by molar-refractivity contribution is 0.581. The minimum Gasteiger partial charge on any atom is -0.324 e. The van der Waals surface area contributed by atoms with Gasteiger partial charge in [-0.05, 0) is 30.5 Å². The third-order valence-electron chi connectivity index (χ3n) is 2.74. The van der Waals surface area contributed by atoms with Crippen molar-refractivity contribution < 1.29 is 0 Å². The lowest BCUT2D eigenvalue weighted by Gasteiger charge is -2.12. The fourth-order valence-corrected chi connectivity index (χ4v) is 2.02. The Balaban J connectivity index is 2.57. The molecule has 1 aromatic rings. The van der Waals surface area contributed by atoms with Crippen molar-refractivity contribution in [1.82, 2.24) is 0 Å². The molecule has 0 radical (unpaired) electrons. The summed E-state index contributed by atoms with van der Waals surface area (Å²) in [5, 5.41) is 0. The van der Waals surface area contributed by atoms with Gasteiger partial charge in [-0.1, -0.05) is 54.2 Å². The van der Waals surface area contributed by atoms with Crippen LogP contribution >= 0.6 is 15.9 Å². The van der Waals surface area contributed by atoms with Gasteiger partial charge in [0.1, 0.15) is 0 Å². The minimum absolute atomic E-state index is 0.188. The average Bonchev–Trinajstić information content (AvgIpc) is 2.22. The van der Waals surface area contributed by atoms with Crippen molar-refractivity contribution >= 4 is 15.9 Å². The van der Waals surface area contributed by atoms with E-state index in [1.165, 1.54) is 30.4 Å². The molecule has 2 N–H and O–H groups in total. The summed E-state index contributed by atoms with van der Waals surface area (Å²) in [6.07, 6.45) is 4.84. The number of halogens is 1. The second-order valence-electron chi connectivity index (χ2n) is 4.11. The van der Waals surface area contributed by atoms with Gasteiger partial charge in [-0.2, -0.15) is 0 Å². The predicted octanol–water partition coefficient (Wildman–Crippen LogP) is 4.34. The smallest absolute Gasteiger partial charge is 0.0295 e. The normalized spacial score (nSPS) is 12.8. The molecule has 0 aliphatic carbocycles. The van der Waals surface area contributed by atoms with Crippen LogP contribution in [0.2, 0.25) is 0 Å². The van der Waals surface area contributed by atoms with Crippen LogP contribution in [0.1, 0.15) is 49.8 Å². The third kappa shape index (κ3) is 3.96. The largest absolute Gasteiger partial charge is 0.324 e. The van der Waals surface area contributed by atoms with Crippen LogP contribution in [0.3, 0.4) is 0 Å². The Morgan fingerprint density at radius 3 is 2.67 bits per heavy atom. The van der Waals surface area contributed by atoms with Crippen molar-refractivity contribution in [2.75, 3.05) is 0 Å². The van der Waals surface area contributed by atoms with Gasteiger partial charge in [-0.15, -0.1) is 0 Å². The van der Waals surface area contributed by atoms with E-state index in [1.54, 1.807) is 0 Å². The van der Waals surface area contributed by atoms with Gasteiger partial charge in [-0.3, -0.25) is 0 Å². The first-order valence-electron chi connectivity index (χ1n) is 5.66. The lowest BCUT2D eigenvalue weighted by Crippen LogP contribution is -2.10. The number of aryl methyl sites for hydroxylation is 1. The van der Waals surface area contributed by atoms with Gasteiger partial charge >= 0.3 is 0 Å². The van der Waals surface area contributed by atoms with Crippen LogP contribution in [0.15, 0.2) is 22.7 Å². The van der Waals surface area contributed by atoms with E-state index in [9.17, 15) is 0 Å². The molecule has 0 aliphatic rings. The van der Waals surface area contributed by atoms with Gasteiger partial charge in [0.15, 0.2) is 0 Å². The van der Waals surface area contributed by atoms with Crippen LogP contribution in [-0.2, 0) is 0 Å². The van der Waals surface area contributed by atoms with Gasteiger partial charge < -0.3 is 5.73 Å². The highest BCUT2D eigenvalue weighted by Crippen LogP contribution is 2.23. The van der Waals surface area contributed by atoms with Crippen LogP contribution in [-0.4, -0.2) is 0 Å². The quantitative estimate of drug-likeness (QED) is 0.791. The van der Waals surface area contributed by atoms with Gasteiger partial charge in [0.25, 0.3) is 0 Å². The topological polar surface area (TPSA) is 26.0 Å². The molecule has 0 saturated carbocycles. The number of nitrogens with two attached hydrogens (primary N) is 1. The van der Waals surface area contributed by atoms with Crippen molar-refractivity contribution in [3.05, 3.63) is 33.8 Å². The van der Waals surface area contributed by atoms with Crippen LogP contribution < -0.4 is 5.73 Å². The average molecular weight is 270 g/mol. The molecule has 0 saturated heterocycles. The zero-order valence-corrected chi connectivity index (χ0v) is 11.2. The number of hydrogen-bond donors (Lipinski definition) is 1. The van der Waals surface area contributed by atoms with Crippen LogP contribution in [0, 0.1) is 6.92 Å². The Kier molecular flexibility index (Phi) is 5.34. The molecular weight excluding hydrogens is 250 g/mol. The summed E-state index contributed by atoms with van der Waals surface area (Å²) in [4.78, 5) is 0. The molecule has 15 heavy (non-hydrogen) atoms. The summed E-state index contributed by atoms with van der Waals surface area (Å²) in [5.74, 6) is 0. The zero-order chi connectivity index (χ0) is 11.3. The first kappa shape index (κ1) is 12.7. The highest BCUT2D eigenvalue weighted by atomic mass is 79.9. The lowest BCUT2D eigenvalue weighted by atomic mass is 10.0. The van der Waals surface area contributed by atoms with Crippen molar-refractivity contribution in [2.24, 2.45) is 5.73 Å². The molecule has 0 aromatic heterocycles. The molecular formula is C13H20BrN. The minimum atomic E-state index is 0.188. The summed E-state index contributed by atoms with van der Waals surface area (Å²) >= 11 is 3.54. The Morgan fingerprint density at radius 1 is 1.33 bits per heavy atom. The van der Waals surface area contributed by atoms with Crippen molar-refractivity contribution in [3.63, 3.8) is 0 Å². The molecule has 1 aromatic carbocycles. The van der Waals surface area contributed by atoms with Crippen molar-refractivity contribution in [2.45, 2.75) is 45.6 Å². The Labute approximate surface area is 101 Å². The fraction of sp³-hybridized carbons (Fsp3) is 0.538. The number of benzene rings is 1. The van der Waals surface area contributed by atoms with Crippen LogP contribution in [0.4, 0.5) is 0 Å². The highest BCUT2D eigenvalue weighted by molar-refractivity contribution is 9.10. The first-order valence-corrected chi connectivity index (χ1v) is 6.46. The zero-order valence-electron chi connectivity index (χ0n) is 9.59. The van der Waals surface area contributed by atoms with Crippen molar-refractivity contribution in [1.29, 1.82) is 0 Å². The highest BCUT2D eigenvalue weighted by Gasteiger charge is 2.06. The molecule has 2 heteroatoms. The van der Waals surface area contributed by atoms with Gasteiger partial charge in [0, 0.05) is 10.5 Å². The van der Waals surface area contributed by atoms with E-state index in [2.05, 4.69) is 48.0 Å². The molecule has 1 rings (SSSR count). The second kappa shape index (κ2) is 6.29. The maximum absolute atomic E-state index is 6.13. The standard InChI is InChI=1S/C13H20BrN/c1-3-4-5-6-13(15)11-8-7-10(2)12(14)9-11/h7-9,13H,3-6,15H2,1-2H3/t13-/m0/s1. The molecule has 0 fully saturated rings. The summed E-state index contributed by atoms with van der Waals surface area (Å²) in [7, 11) is 0. The summed E-state index contributed by atoms with van der Waals surface area (Å²) in [6.45, 7) is 4.31. The van der Waals surface area contributed by atoms with Gasteiger partial charge in [0.2, 0.25) is 0 Å². The molecule has 84 valence electrons. The molecule has 0 aliphatic heterocycles. The van der Waals surface area contributed by atoms with E-state index in [0.717, 1.165) is 10.9 Å². The molecule has 0 heterocycles. The SMILES string of the molecule is CCCCC[C@H](N)c1ccc(C)c(Br)c1. The molecule has 0 unspecified atom stereocenters. The summed E-state index contributed by atoms with van der Waals surface area (Å²) in [5.41, 5.74) is 8.64. The first-order chi connectivity index (χ1) is 7.15. The third-order valence-corrected chi connectivity index (χ3v) is 3.60. The van der Waals surface area contributed by atoms with E-state index in [1.807, 2.05) is 0 Å². The van der Waals surface area contributed by atoms with E-state index in [-0.39, 0.29) is 6.04 Å². The van der Waals surface area contributed by atoms with E-state index in [4.69, 9.17) is 5.73 Å². The van der Waals surface area contributed by atoms with Crippen LogP contribution in [0.5, 0.6) is 0 Å². The predicted molar refractivity (Wildman–Crippen MR) is 69.9 cm³/mol. The van der Waals surface area contributed by atoms with E-state index < -0.39 is 0 Å². The van der Waals surface area contributed by atoms with Crippen LogP contribution in [0.25, 0.3) is 0 Å². The Bertz CT molecular complexity index is 309. The fourth-order valence-electron chi connectivity index (χ4n) is 1.62. The molecule has 0 bridgehead atoms. The molecule has 0 spiro atoms. The molecule has 1 atom stereocenters. The Hall–Kier alpha value is -0.340. The summed E-state index contributed by atoms with van der Waals surface area (Å²) in [6, 6.07) is 6.59. The van der Waals surface area contributed by atoms with Gasteiger partial charge in [-0.25, -0.2) is 0 Å². The van der Waals surface area contributed by atoms with Crippen molar-refractivity contribution in [3.8, 4) is 0 Å². The Morgan fingerprint density at radius 2 is 2.07 bits per heavy atom.